The molecule has 0 saturated carbocycles. The van der Waals surface area contributed by atoms with Crippen LogP contribution in [0.4, 0.5) is 10.1 Å². The molecule has 0 radical (unpaired) electrons. The summed E-state index contributed by atoms with van der Waals surface area (Å²) < 4.78 is 15.0. The Hall–Kier alpha value is -3.48. The molecule has 0 spiro atoms. The lowest BCUT2D eigenvalue weighted by atomic mass is 10.1. The van der Waals surface area contributed by atoms with Crippen molar-refractivity contribution in [2.45, 2.75) is 20.3 Å². The fourth-order valence-electron chi connectivity index (χ4n) is 2.82. The van der Waals surface area contributed by atoms with Crippen LogP contribution in [0.25, 0.3) is 5.69 Å². The molecule has 1 aromatic heterocycles. The van der Waals surface area contributed by atoms with Crippen molar-refractivity contribution in [3.8, 4) is 11.6 Å². The van der Waals surface area contributed by atoms with Gasteiger partial charge in [0, 0.05) is 0 Å². The molecule has 0 amide bonds. The van der Waals surface area contributed by atoms with Crippen LogP contribution >= 0.6 is 0 Å². The lowest BCUT2D eigenvalue weighted by Gasteiger charge is -2.14. The first-order chi connectivity index (χ1) is 12.9. The number of aryl methyl sites for hydroxylation is 1. The smallest absolute Gasteiger partial charge is 0.335 e. The summed E-state index contributed by atoms with van der Waals surface area (Å²) in [5.41, 5.74) is -0.335. The van der Waals surface area contributed by atoms with Crippen molar-refractivity contribution in [2.75, 3.05) is 0 Å². The Balaban J connectivity index is 2.29. The number of benzene rings is 2. The summed E-state index contributed by atoms with van der Waals surface area (Å²) in [4.78, 5) is 31.1. The Labute approximate surface area is 154 Å². The van der Waals surface area contributed by atoms with Crippen LogP contribution in [0.2, 0.25) is 0 Å². The summed E-state index contributed by atoms with van der Waals surface area (Å²) in [6, 6.07) is 12.8. The SMILES string of the molecule is CCC(=Nc1ccccc1F)c1c(O)n(-c2ccccc2C)c(=O)[nH]c1=O. The number of aromatic hydroxyl groups is 1. The van der Waals surface area contributed by atoms with Gasteiger partial charge in [0.25, 0.3) is 5.56 Å². The molecule has 0 aliphatic heterocycles. The van der Waals surface area contributed by atoms with E-state index in [9.17, 15) is 19.1 Å². The minimum absolute atomic E-state index is 0.0433. The molecular weight excluding hydrogens is 349 g/mol. The van der Waals surface area contributed by atoms with Crippen LogP contribution in [0.1, 0.15) is 24.5 Å². The Morgan fingerprint density at radius 3 is 2.48 bits per heavy atom. The van der Waals surface area contributed by atoms with E-state index in [2.05, 4.69) is 9.98 Å². The molecule has 0 saturated heterocycles. The lowest BCUT2D eigenvalue weighted by Crippen LogP contribution is -2.33. The van der Waals surface area contributed by atoms with Crippen molar-refractivity contribution in [3.05, 3.63) is 86.3 Å². The first kappa shape index (κ1) is 18.3. The zero-order chi connectivity index (χ0) is 19.6. The van der Waals surface area contributed by atoms with Crippen molar-refractivity contribution in [1.82, 2.24) is 9.55 Å². The predicted molar refractivity (Wildman–Crippen MR) is 102 cm³/mol. The number of nitrogens with zero attached hydrogens (tertiary/aromatic N) is 2. The van der Waals surface area contributed by atoms with Gasteiger partial charge in [0.15, 0.2) is 0 Å². The second-order valence-corrected chi connectivity index (χ2v) is 5.94. The number of aromatic nitrogens is 2. The van der Waals surface area contributed by atoms with Gasteiger partial charge in [0.2, 0.25) is 5.88 Å². The quantitative estimate of drug-likeness (QED) is 0.694. The van der Waals surface area contributed by atoms with Crippen LogP contribution in [0.15, 0.2) is 63.1 Å². The van der Waals surface area contributed by atoms with Gasteiger partial charge < -0.3 is 5.11 Å². The molecule has 3 aromatic rings. The zero-order valence-electron chi connectivity index (χ0n) is 14.9. The van der Waals surface area contributed by atoms with Crippen LogP contribution in [0, 0.1) is 12.7 Å². The maximum absolute atomic E-state index is 14.0. The fourth-order valence-corrected chi connectivity index (χ4v) is 2.82. The number of aromatic amines is 1. The van der Waals surface area contributed by atoms with E-state index < -0.39 is 22.9 Å². The van der Waals surface area contributed by atoms with Crippen LogP contribution in [0.5, 0.6) is 5.88 Å². The average Bonchev–Trinajstić information content (AvgIpc) is 2.63. The van der Waals surface area contributed by atoms with E-state index in [1.54, 1.807) is 44.2 Å². The molecule has 7 heteroatoms. The number of nitrogens with one attached hydrogen (secondary N) is 1. The summed E-state index contributed by atoms with van der Waals surface area (Å²) in [5.74, 6) is -1.08. The average molecular weight is 367 g/mol. The molecule has 2 N–H and O–H groups in total. The Morgan fingerprint density at radius 2 is 1.81 bits per heavy atom. The lowest BCUT2D eigenvalue weighted by molar-refractivity contribution is 0.429. The van der Waals surface area contributed by atoms with Gasteiger partial charge in [0.1, 0.15) is 11.4 Å². The molecule has 6 nitrogen and oxygen atoms in total. The van der Waals surface area contributed by atoms with E-state index in [1.165, 1.54) is 18.2 Å². The molecule has 0 atom stereocenters. The summed E-state index contributed by atoms with van der Waals surface area (Å²) in [6.45, 7) is 3.50. The second-order valence-electron chi connectivity index (χ2n) is 5.94. The third kappa shape index (κ3) is 3.44. The topological polar surface area (TPSA) is 87.4 Å². The second kappa shape index (κ2) is 7.41. The highest BCUT2D eigenvalue weighted by Crippen LogP contribution is 2.23. The van der Waals surface area contributed by atoms with E-state index in [4.69, 9.17) is 0 Å². The van der Waals surface area contributed by atoms with E-state index >= 15 is 0 Å². The third-order valence-corrected chi connectivity index (χ3v) is 4.17. The highest BCUT2D eigenvalue weighted by molar-refractivity contribution is 6.03. The summed E-state index contributed by atoms with van der Waals surface area (Å²) in [7, 11) is 0. The van der Waals surface area contributed by atoms with Crippen LogP contribution in [-0.2, 0) is 0 Å². The number of hydrogen-bond acceptors (Lipinski definition) is 4. The molecule has 0 aliphatic rings. The summed E-state index contributed by atoms with van der Waals surface area (Å²) >= 11 is 0. The standard InChI is InChI=1S/C20H18FN3O3/c1-3-14(22-15-10-6-5-9-13(15)21)17-18(25)23-20(27)24(19(17)26)16-11-7-4-8-12(16)2/h4-11,26H,3H2,1-2H3,(H,23,25,27). The van der Waals surface area contributed by atoms with Crippen molar-refractivity contribution in [2.24, 2.45) is 4.99 Å². The molecule has 2 aromatic carbocycles. The molecule has 3 rings (SSSR count). The number of hydrogen-bond donors (Lipinski definition) is 2. The Kier molecular flexibility index (Phi) is 5.03. The van der Waals surface area contributed by atoms with Gasteiger partial charge in [-0.15, -0.1) is 0 Å². The fraction of sp³-hybridized carbons (Fsp3) is 0.150. The highest BCUT2D eigenvalue weighted by atomic mass is 19.1. The van der Waals surface area contributed by atoms with E-state index in [0.29, 0.717) is 5.69 Å². The van der Waals surface area contributed by atoms with Crippen molar-refractivity contribution in [1.29, 1.82) is 0 Å². The molecule has 1 heterocycles. The highest BCUT2D eigenvalue weighted by Gasteiger charge is 2.20. The summed E-state index contributed by atoms with van der Waals surface area (Å²) in [6.07, 6.45) is 0.247. The first-order valence-electron chi connectivity index (χ1n) is 8.40. The number of para-hydroxylation sites is 2. The largest absolute Gasteiger partial charge is 0.493 e. The van der Waals surface area contributed by atoms with Gasteiger partial charge in [-0.2, -0.15) is 0 Å². The Bertz CT molecular complexity index is 1150. The van der Waals surface area contributed by atoms with Crippen LogP contribution in [0.3, 0.4) is 0 Å². The van der Waals surface area contributed by atoms with E-state index in [0.717, 1.165) is 10.1 Å². The minimum Gasteiger partial charge on any atom is -0.493 e. The van der Waals surface area contributed by atoms with Gasteiger partial charge in [-0.3, -0.25) is 9.78 Å². The van der Waals surface area contributed by atoms with Gasteiger partial charge in [-0.25, -0.2) is 18.7 Å². The van der Waals surface area contributed by atoms with Gasteiger partial charge >= 0.3 is 5.69 Å². The number of halogens is 1. The monoisotopic (exact) mass is 367 g/mol. The maximum atomic E-state index is 14.0. The zero-order valence-corrected chi connectivity index (χ0v) is 14.9. The maximum Gasteiger partial charge on any atom is 0.335 e. The number of aliphatic imine (C=N–C) groups is 1. The van der Waals surface area contributed by atoms with Crippen LogP contribution in [-0.4, -0.2) is 20.4 Å². The molecular formula is C20H18FN3O3. The predicted octanol–water partition coefficient (Wildman–Crippen LogP) is 3.21. The molecule has 0 bridgehead atoms. The van der Waals surface area contributed by atoms with E-state index in [-0.39, 0.29) is 23.4 Å². The normalized spacial score (nSPS) is 11.6. The molecule has 27 heavy (non-hydrogen) atoms. The molecule has 0 unspecified atom stereocenters. The van der Waals surface area contributed by atoms with Crippen molar-refractivity contribution >= 4 is 11.4 Å². The van der Waals surface area contributed by atoms with Gasteiger partial charge in [0.05, 0.1) is 17.1 Å². The molecule has 0 fully saturated rings. The molecule has 0 aliphatic carbocycles. The van der Waals surface area contributed by atoms with Crippen LogP contribution < -0.4 is 11.2 Å². The molecule has 138 valence electrons. The van der Waals surface area contributed by atoms with Gasteiger partial charge in [-0.05, 0) is 37.1 Å². The number of H-pyrrole nitrogens is 1. The Morgan fingerprint density at radius 1 is 1.15 bits per heavy atom. The minimum atomic E-state index is -0.778. The van der Waals surface area contributed by atoms with Crippen molar-refractivity contribution in [3.63, 3.8) is 0 Å². The first-order valence-corrected chi connectivity index (χ1v) is 8.40. The summed E-state index contributed by atoms with van der Waals surface area (Å²) in [5, 5.41) is 10.7. The van der Waals surface area contributed by atoms with E-state index in [1.807, 2.05) is 0 Å². The van der Waals surface area contributed by atoms with Crippen molar-refractivity contribution < 1.29 is 9.50 Å². The van der Waals surface area contributed by atoms with Gasteiger partial charge in [-0.1, -0.05) is 37.3 Å². The third-order valence-electron chi connectivity index (χ3n) is 4.17. The number of rotatable bonds is 4.